The third-order valence-corrected chi connectivity index (χ3v) is 1.88. The van der Waals surface area contributed by atoms with Gasteiger partial charge in [0.15, 0.2) is 0 Å². The zero-order valence-corrected chi connectivity index (χ0v) is 8.36. The van der Waals surface area contributed by atoms with E-state index >= 15 is 0 Å². The number of hydrogen-bond donors (Lipinski definition) is 3. The minimum absolute atomic E-state index is 0.352. The molecule has 0 saturated carbocycles. The molecule has 0 bridgehead atoms. The first kappa shape index (κ1) is 10.9. The van der Waals surface area contributed by atoms with Crippen LogP contribution in [0.25, 0.3) is 6.08 Å². The highest BCUT2D eigenvalue weighted by molar-refractivity contribution is 5.88. The first-order valence-corrected chi connectivity index (χ1v) is 4.25. The number of nitrogens with two attached hydrogens (primary N) is 3. The van der Waals surface area contributed by atoms with Crippen LogP contribution >= 0.6 is 0 Å². The van der Waals surface area contributed by atoms with Crippen molar-refractivity contribution in [3.8, 4) is 0 Å². The van der Waals surface area contributed by atoms with Crippen LogP contribution in [0.1, 0.15) is 5.56 Å². The van der Waals surface area contributed by atoms with E-state index in [2.05, 4.69) is 4.74 Å². The van der Waals surface area contributed by atoms with Crippen molar-refractivity contribution in [2.45, 2.75) is 0 Å². The summed E-state index contributed by atoms with van der Waals surface area (Å²) in [6.07, 6.45) is 2.84. The van der Waals surface area contributed by atoms with Gasteiger partial charge in [0.25, 0.3) is 0 Å². The molecular weight excluding hydrogens is 194 g/mol. The van der Waals surface area contributed by atoms with E-state index in [1.165, 1.54) is 13.2 Å². The lowest BCUT2D eigenvalue weighted by Gasteiger charge is -2.05. The molecule has 15 heavy (non-hydrogen) atoms. The summed E-state index contributed by atoms with van der Waals surface area (Å²) >= 11 is 0. The minimum Gasteiger partial charge on any atom is -0.466 e. The van der Waals surface area contributed by atoms with E-state index in [4.69, 9.17) is 17.2 Å². The fraction of sp³-hybridized carbons (Fsp3) is 0.100. The molecule has 0 unspecified atom stereocenters. The summed E-state index contributed by atoms with van der Waals surface area (Å²) in [6, 6.07) is 3.26. The van der Waals surface area contributed by atoms with Crippen molar-refractivity contribution in [2.24, 2.45) is 0 Å². The Balaban J connectivity index is 2.97. The van der Waals surface area contributed by atoms with Crippen molar-refractivity contribution in [1.82, 2.24) is 0 Å². The molecular formula is C10H13N3O2. The monoisotopic (exact) mass is 207 g/mol. The fourth-order valence-electron chi connectivity index (χ4n) is 1.05. The van der Waals surface area contributed by atoms with Gasteiger partial charge in [0, 0.05) is 6.08 Å². The number of hydrogen-bond acceptors (Lipinski definition) is 5. The Morgan fingerprint density at radius 1 is 1.27 bits per heavy atom. The second-order valence-electron chi connectivity index (χ2n) is 2.97. The van der Waals surface area contributed by atoms with Gasteiger partial charge in [-0.25, -0.2) is 4.79 Å². The maximum atomic E-state index is 10.8. The molecule has 0 spiro atoms. The van der Waals surface area contributed by atoms with Crippen LogP contribution in [-0.4, -0.2) is 13.1 Å². The van der Waals surface area contributed by atoms with Crippen molar-refractivity contribution in [2.75, 3.05) is 24.3 Å². The molecule has 0 fully saturated rings. The Morgan fingerprint density at radius 2 is 1.80 bits per heavy atom. The fourth-order valence-corrected chi connectivity index (χ4v) is 1.05. The van der Waals surface area contributed by atoms with Crippen LogP contribution in [0.4, 0.5) is 17.1 Å². The summed E-state index contributed by atoms with van der Waals surface area (Å²) in [4.78, 5) is 10.8. The normalized spacial score (nSPS) is 10.5. The topological polar surface area (TPSA) is 104 Å². The molecule has 6 N–H and O–H groups in total. The molecule has 0 amide bonds. The zero-order valence-electron chi connectivity index (χ0n) is 8.36. The molecule has 1 rings (SSSR count). The lowest BCUT2D eigenvalue weighted by atomic mass is 10.1. The maximum absolute atomic E-state index is 10.8. The number of carbonyl (C=O) groups excluding carboxylic acids is 1. The van der Waals surface area contributed by atoms with Gasteiger partial charge >= 0.3 is 5.97 Å². The van der Waals surface area contributed by atoms with Gasteiger partial charge < -0.3 is 21.9 Å². The van der Waals surface area contributed by atoms with Crippen molar-refractivity contribution in [3.63, 3.8) is 0 Å². The van der Waals surface area contributed by atoms with E-state index in [9.17, 15) is 4.79 Å². The van der Waals surface area contributed by atoms with Crippen molar-refractivity contribution >= 4 is 29.1 Å². The highest BCUT2D eigenvalue weighted by Gasteiger charge is 2.01. The van der Waals surface area contributed by atoms with Crippen LogP contribution in [0, 0.1) is 0 Å². The van der Waals surface area contributed by atoms with E-state index in [1.807, 2.05) is 0 Å². The number of nitrogen functional groups attached to an aromatic ring is 3. The standard InChI is InChI=1S/C10H13N3O2/c1-15-9(14)3-2-6-4-7(11)10(13)8(12)5-6/h2-5H,11-13H2,1H3/b3-2+. The average Bonchev–Trinajstić information content (AvgIpc) is 2.22. The molecule has 0 radical (unpaired) electrons. The molecule has 5 nitrogen and oxygen atoms in total. The van der Waals surface area contributed by atoms with E-state index in [-0.39, 0.29) is 0 Å². The van der Waals surface area contributed by atoms with Crippen LogP contribution in [0.2, 0.25) is 0 Å². The first-order valence-electron chi connectivity index (χ1n) is 4.25. The van der Waals surface area contributed by atoms with Crippen LogP contribution < -0.4 is 17.2 Å². The molecule has 1 aromatic carbocycles. The van der Waals surface area contributed by atoms with Gasteiger partial charge in [-0.2, -0.15) is 0 Å². The molecule has 0 saturated heterocycles. The van der Waals surface area contributed by atoms with E-state index in [0.717, 1.165) is 0 Å². The number of methoxy groups -OCH3 is 1. The van der Waals surface area contributed by atoms with Crippen LogP contribution in [0.3, 0.4) is 0 Å². The number of rotatable bonds is 2. The molecule has 0 atom stereocenters. The van der Waals surface area contributed by atoms with Crippen LogP contribution in [-0.2, 0) is 9.53 Å². The Morgan fingerprint density at radius 3 is 2.27 bits per heavy atom. The molecule has 1 aromatic rings. The third kappa shape index (κ3) is 2.63. The highest BCUT2D eigenvalue weighted by atomic mass is 16.5. The molecule has 0 aromatic heterocycles. The number of esters is 1. The number of benzene rings is 1. The molecule has 0 aliphatic heterocycles. The van der Waals surface area contributed by atoms with Gasteiger partial charge in [-0.3, -0.25) is 0 Å². The quantitative estimate of drug-likeness (QED) is 0.374. The van der Waals surface area contributed by atoms with Crippen molar-refractivity contribution < 1.29 is 9.53 Å². The Hall–Kier alpha value is -2.17. The van der Waals surface area contributed by atoms with Gasteiger partial charge in [-0.05, 0) is 23.8 Å². The smallest absolute Gasteiger partial charge is 0.330 e. The SMILES string of the molecule is COC(=O)/C=C/c1cc(N)c(N)c(N)c1. The minimum atomic E-state index is -0.441. The van der Waals surface area contributed by atoms with E-state index < -0.39 is 5.97 Å². The number of anilines is 3. The molecule has 0 heterocycles. The van der Waals surface area contributed by atoms with Crippen LogP contribution in [0.15, 0.2) is 18.2 Å². The van der Waals surface area contributed by atoms with Gasteiger partial charge in [-0.1, -0.05) is 0 Å². The van der Waals surface area contributed by atoms with Gasteiger partial charge in [0.2, 0.25) is 0 Å². The Kier molecular flexibility index (Phi) is 3.17. The number of ether oxygens (including phenoxy) is 1. The molecule has 5 heteroatoms. The van der Waals surface area contributed by atoms with Crippen molar-refractivity contribution in [3.05, 3.63) is 23.8 Å². The summed E-state index contributed by atoms with van der Waals surface area (Å²) < 4.78 is 4.44. The highest BCUT2D eigenvalue weighted by Crippen LogP contribution is 2.24. The summed E-state index contributed by atoms with van der Waals surface area (Å²) in [5.74, 6) is -0.441. The maximum Gasteiger partial charge on any atom is 0.330 e. The summed E-state index contributed by atoms with van der Waals surface area (Å²) in [5, 5.41) is 0. The first-order chi connectivity index (χ1) is 7.04. The average molecular weight is 207 g/mol. The van der Waals surface area contributed by atoms with Gasteiger partial charge in [-0.15, -0.1) is 0 Å². The lowest BCUT2D eigenvalue weighted by molar-refractivity contribution is -0.134. The van der Waals surface area contributed by atoms with Gasteiger partial charge in [0.1, 0.15) is 0 Å². The summed E-state index contributed by atoms with van der Waals surface area (Å²) in [5.41, 5.74) is 18.6. The predicted octanol–water partition coefficient (Wildman–Crippen LogP) is 0.619. The third-order valence-electron chi connectivity index (χ3n) is 1.88. The Bertz CT molecular complexity index is 390. The zero-order chi connectivity index (χ0) is 11.4. The molecule has 80 valence electrons. The van der Waals surface area contributed by atoms with Crippen LogP contribution in [0.5, 0.6) is 0 Å². The van der Waals surface area contributed by atoms with Gasteiger partial charge in [0.05, 0.1) is 24.2 Å². The van der Waals surface area contributed by atoms with Crippen molar-refractivity contribution in [1.29, 1.82) is 0 Å². The summed E-state index contributed by atoms with van der Waals surface area (Å²) in [6.45, 7) is 0. The summed E-state index contributed by atoms with van der Waals surface area (Å²) in [7, 11) is 1.30. The molecule has 0 aliphatic carbocycles. The predicted molar refractivity (Wildman–Crippen MR) is 60.7 cm³/mol. The lowest BCUT2D eigenvalue weighted by Crippen LogP contribution is -2.00. The second-order valence-corrected chi connectivity index (χ2v) is 2.97. The van der Waals surface area contributed by atoms with E-state index in [0.29, 0.717) is 22.6 Å². The largest absolute Gasteiger partial charge is 0.466 e. The Labute approximate surface area is 87.5 Å². The van der Waals surface area contributed by atoms with E-state index in [1.54, 1.807) is 18.2 Å². The number of carbonyl (C=O) groups is 1. The second kappa shape index (κ2) is 4.36. The molecule has 0 aliphatic rings.